The highest BCUT2D eigenvalue weighted by Gasteiger charge is 2.30. The molecule has 1 aliphatic rings. The number of piperidine rings is 1. The lowest BCUT2D eigenvalue weighted by Crippen LogP contribution is -2.52. The summed E-state index contributed by atoms with van der Waals surface area (Å²) in [6, 6.07) is 9.00. The van der Waals surface area contributed by atoms with Crippen molar-refractivity contribution in [3.63, 3.8) is 0 Å². The SMILES string of the molecule is Cc1cc(C(=O)N2CCC[C@@H](N(C)C(=O)NCc3cc4cc(Cl)ccc4[nH]3)C2)no1. The maximum Gasteiger partial charge on any atom is 0.317 e. The Hall–Kier alpha value is -3.00. The summed E-state index contributed by atoms with van der Waals surface area (Å²) in [6.07, 6.45) is 1.67. The van der Waals surface area contributed by atoms with E-state index in [9.17, 15) is 9.59 Å². The number of aryl methyl sites for hydroxylation is 1. The molecule has 0 radical (unpaired) electrons. The van der Waals surface area contributed by atoms with Crippen LogP contribution in [0.5, 0.6) is 0 Å². The molecule has 3 amide bonds. The van der Waals surface area contributed by atoms with E-state index in [0.717, 1.165) is 29.4 Å². The minimum atomic E-state index is -0.178. The van der Waals surface area contributed by atoms with Gasteiger partial charge in [0.05, 0.1) is 12.6 Å². The second-order valence-electron chi connectivity index (χ2n) is 7.67. The number of likely N-dealkylation sites (N-methyl/N-ethyl adjacent to an activating group) is 1. The summed E-state index contributed by atoms with van der Waals surface area (Å²) < 4.78 is 5.01. The fraction of sp³-hybridized carbons (Fsp3) is 0.381. The minimum absolute atomic E-state index is 0.0581. The van der Waals surface area contributed by atoms with Crippen LogP contribution in [0.15, 0.2) is 34.9 Å². The number of carbonyl (C=O) groups is 2. The van der Waals surface area contributed by atoms with E-state index in [1.165, 1.54) is 0 Å². The van der Waals surface area contributed by atoms with Crippen LogP contribution in [0.4, 0.5) is 4.79 Å². The fourth-order valence-electron chi connectivity index (χ4n) is 3.80. The molecule has 1 aromatic carbocycles. The third-order valence-electron chi connectivity index (χ3n) is 5.47. The van der Waals surface area contributed by atoms with Crippen LogP contribution in [-0.4, -0.2) is 58.1 Å². The van der Waals surface area contributed by atoms with Crippen molar-refractivity contribution in [1.29, 1.82) is 0 Å². The van der Waals surface area contributed by atoms with Gasteiger partial charge in [-0.2, -0.15) is 0 Å². The van der Waals surface area contributed by atoms with Crippen LogP contribution in [0.2, 0.25) is 5.02 Å². The first-order valence-electron chi connectivity index (χ1n) is 9.91. The molecular formula is C21H24ClN5O3. The first kappa shape index (κ1) is 20.3. The Morgan fingerprint density at radius 3 is 2.97 bits per heavy atom. The number of fused-ring (bicyclic) bond motifs is 1. The quantitative estimate of drug-likeness (QED) is 0.662. The lowest BCUT2D eigenvalue weighted by Gasteiger charge is -2.37. The average Bonchev–Trinajstić information content (AvgIpc) is 3.36. The van der Waals surface area contributed by atoms with Crippen LogP contribution in [0.1, 0.15) is 34.8 Å². The van der Waals surface area contributed by atoms with Gasteiger partial charge >= 0.3 is 6.03 Å². The van der Waals surface area contributed by atoms with E-state index in [1.807, 2.05) is 24.3 Å². The van der Waals surface area contributed by atoms with Gasteiger partial charge in [0.15, 0.2) is 5.69 Å². The maximum absolute atomic E-state index is 12.7. The number of amides is 3. The number of aromatic nitrogens is 2. The number of hydrogen-bond donors (Lipinski definition) is 2. The van der Waals surface area contributed by atoms with Gasteiger partial charge in [-0.25, -0.2) is 4.79 Å². The molecule has 1 saturated heterocycles. The Kier molecular flexibility index (Phi) is 5.67. The van der Waals surface area contributed by atoms with Gasteiger partial charge in [-0.05, 0) is 44.0 Å². The molecule has 0 unspecified atom stereocenters. The molecule has 8 nitrogen and oxygen atoms in total. The van der Waals surface area contributed by atoms with Gasteiger partial charge in [-0.1, -0.05) is 16.8 Å². The van der Waals surface area contributed by atoms with Crippen molar-refractivity contribution in [3.8, 4) is 0 Å². The molecule has 0 bridgehead atoms. The number of nitrogens with zero attached hydrogens (tertiary/aromatic N) is 3. The summed E-state index contributed by atoms with van der Waals surface area (Å²) in [5, 5.41) is 8.43. The van der Waals surface area contributed by atoms with Gasteiger partial charge < -0.3 is 24.6 Å². The van der Waals surface area contributed by atoms with E-state index in [4.69, 9.17) is 16.1 Å². The number of carbonyl (C=O) groups excluding carboxylic acids is 2. The number of halogens is 1. The normalized spacial score (nSPS) is 16.6. The number of likely N-dealkylation sites (tertiary alicyclic amines) is 1. The van der Waals surface area contributed by atoms with E-state index in [2.05, 4.69) is 15.5 Å². The number of nitrogens with one attached hydrogen (secondary N) is 2. The standard InChI is InChI=1S/C21H24ClN5O3/c1-13-8-19(25-30-13)20(28)27-7-3-4-17(12-27)26(2)21(29)23-11-16-10-14-9-15(22)5-6-18(14)24-16/h5-6,8-10,17,24H,3-4,7,11-12H2,1-2H3,(H,23,29)/t17-/m1/s1. The van der Waals surface area contributed by atoms with Crippen LogP contribution >= 0.6 is 11.6 Å². The predicted octanol–water partition coefficient (Wildman–Crippen LogP) is 3.56. The summed E-state index contributed by atoms with van der Waals surface area (Å²) in [5.41, 5.74) is 2.18. The first-order valence-corrected chi connectivity index (χ1v) is 10.3. The van der Waals surface area contributed by atoms with Gasteiger partial charge in [0.2, 0.25) is 0 Å². The lowest BCUT2D eigenvalue weighted by molar-refractivity contribution is 0.0626. The molecule has 3 heterocycles. The molecule has 3 aromatic rings. The minimum Gasteiger partial charge on any atom is -0.361 e. The molecule has 2 N–H and O–H groups in total. The van der Waals surface area contributed by atoms with Crippen molar-refractivity contribution in [2.75, 3.05) is 20.1 Å². The Bertz CT molecular complexity index is 1080. The Morgan fingerprint density at radius 2 is 2.20 bits per heavy atom. The molecule has 4 rings (SSSR count). The summed E-state index contributed by atoms with van der Waals surface area (Å²) in [7, 11) is 1.76. The van der Waals surface area contributed by atoms with E-state index >= 15 is 0 Å². The van der Waals surface area contributed by atoms with Gasteiger partial charge in [0.1, 0.15) is 5.76 Å². The zero-order valence-electron chi connectivity index (χ0n) is 16.9. The highest BCUT2D eigenvalue weighted by atomic mass is 35.5. The van der Waals surface area contributed by atoms with Crippen LogP contribution in [0, 0.1) is 6.92 Å². The monoisotopic (exact) mass is 429 g/mol. The van der Waals surface area contributed by atoms with Gasteiger partial charge in [-0.15, -0.1) is 0 Å². The summed E-state index contributed by atoms with van der Waals surface area (Å²) in [6.45, 7) is 3.25. The number of rotatable bonds is 4. The van der Waals surface area contributed by atoms with Crippen molar-refractivity contribution < 1.29 is 14.1 Å². The smallest absolute Gasteiger partial charge is 0.317 e. The third kappa shape index (κ3) is 4.28. The number of benzene rings is 1. The lowest BCUT2D eigenvalue weighted by atomic mass is 10.0. The van der Waals surface area contributed by atoms with E-state index in [1.54, 1.807) is 29.8 Å². The molecule has 2 aromatic heterocycles. The van der Waals surface area contributed by atoms with Gasteiger partial charge in [0, 0.05) is 47.8 Å². The predicted molar refractivity (Wildman–Crippen MR) is 113 cm³/mol. The van der Waals surface area contributed by atoms with Crippen molar-refractivity contribution in [2.45, 2.75) is 32.4 Å². The summed E-state index contributed by atoms with van der Waals surface area (Å²) >= 11 is 6.03. The molecule has 1 aliphatic heterocycles. The van der Waals surface area contributed by atoms with Crippen molar-refractivity contribution in [3.05, 3.63) is 52.5 Å². The Labute approximate surface area is 179 Å². The summed E-state index contributed by atoms with van der Waals surface area (Å²) in [5.74, 6) is 0.435. The van der Waals surface area contributed by atoms with Gasteiger partial charge in [-0.3, -0.25) is 4.79 Å². The number of aromatic amines is 1. The largest absolute Gasteiger partial charge is 0.361 e. The molecular weight excluding hydrogens is 406 g/mol. The number of urea groups is 1. The highest BCUT2D eigenvalue weighted by Crippen LogP contribution is 2.21. The van der Waals surface area contributed by atoms with Gasteiger partial charge in [0.25, 0.3) is 5.91 Å². The maximum atomic E-state index is 12.7. The van der Waals surface area contributed by atoms with Crippen molar-refractivity contribution in [1.82, 2.24) is 25.3 Å². The molecule has 158 valence electrons. The van der Waals surface area contributed by atoms with Crippen molar-refractivity contribution >= 4 is 34.4 Å². The second kappa shape index (κ2) is 8.39. The van der Waals surface area contributed by atoms with Crippen LogP contribution in [-0.2, 0) is 6.54 Å². The first-order chi connectivity index (χ1) is 14.4. The Morgan fingerprint density at radius 1 is 1.37 bits per heavy atom. The fourth-order valence-corrected chi connectivity index (χ4v) is 3.99. The Balaban J connectivity index is 1.35. The topological polar surface area (TPSA) is 94.5 Å². The molecule has 0 aliphatic carbocycles. The zero-order chi connectivity index (χ0) is 21.3. The molecule has 9 heteroatoms. The summed E-state index contributed by atoms with van der Waals surface area (Å²) in [4.78, 5) is 32.0. The molecule has 0 spiro atoms. The second-order valence-corrected chi connectivity index (χ2v) is 8.10. The van der Waals surface area contributed by atoms with E-state index < -0.39 is 0 Å². The highest BCUT2D eigenvalue weighted by molar-refractivity contribution is 6.31. The van der Waals surface area contributed by atoms with E-state index in [0.29, 0.717) is 36.1 Å². The molecule has 30 heavy (non-hydrogen) atoms. The zero-order valence-corrected chi connectivity index (χ0v) is 17.7. The molecule has 0 saturated carbocycles. The third-order valence-corrected chi connectivity index (χ3v) is 5.70. The van der Waals surface area contributed by atoms with E-state index in [-0.39, 0.29) is 18.0 Å². The van der Waals surface area contributed by atoms with Crippen LogP contribution < -0.4 is 5.32 Å². The molecule has 1 fully saturated rings. The van der Waals surface area contributed by atoms with Crippen molar-refractivity contribution in [2.24, 2.45) is 0 Å². The average molecular weight is 430 g/mol. The van der Waals surface area contributed by atoms with Crippen LogP contribution in [0.3, 0.4) is 0 Å². The number of hydrogen-bond acceptors (Lipinski definition) is 4. The number of H-pyrrole nitrogens is 1. The van der Waals surface area contributed by atoms with Crippen LogP contribution in [0.25, 0.3) is 10.9 Å². The molecule has 1 atom stereocenters.